The Morgan fingerprint density at radius 2 is 1.87 bits per heavy atom. The third-order valence-corrected chi connectivity index (χ3v) is 3.49. The summed E-state index contributed by atoms with van der Waals surface area (Å²) < 4.78 is 23.1. The lowest BCUT2D eigenvalue weighted by Gasteiger charge is -2.02. The van der Waals surface area contributed by atoms with Crippen LogP contribution in [0.2, 0.25) is 0 Å². The van der Waals surface area contributed by atoms with Gasteiger partial charge in [-0.3, -0.25) is 4.79 Å². The van der Waals surface area contributed by atoms with E-state index in [4.69, 9.17) is 5.21 Å². The predicted molar refractivity (Wildman–Crippen MR) is 53.2 cm³/mol. The average molecular weight is 229 g/mol. The maximum absolute atomic E-state index is 11.5. The van der Waals surface area contributed by atoms with E-state index < -0.39 is 21.5 Å². The SMILES string of the molecule is Cc1ccc(S(=O)(=O)C(=O)CNO)cc1. The molecule has 0 aliphatic rings. The van der Waals surface area contributed by atoms with Crippen LogP contribution in [0.5, 0.6) is 0 Å². The molecule has 0 aromatic heterocycles. The molecule has 1 aromatic rings. The van der Waals surface area contributed by atoms with E-state index in [0.29, 0.717) is 0 Å². The first-order chi connectivity index (χ1) is 6.98. The summed E-state index contributed by atoms with van der Waals surface area (Å²) in [4.78, 5) is 11.1. The van der Waals surface area contributed by atoms with E-state index in [1.807, 2.05) is 6.92 Å². The number of sulfone groups is 1. The fourth-order valence-electron chi connectivity index (χ4n) is 1.01. The molecule has 1 aromatic carbocycles. The molecule has 0 radical (unpaired) electrons. The molecule has 0 spiro atoms. The van der Waals surface area contributed by atoms with Crippen LogP contribution in [0.3, 0.4) is 0 Å². The van der Waals surface area contributed by atoms with Gasteiger partial charge < -0.3 is 5.21 Å². The second kappa shape index (κ2) is 4.52. The highest BCUT2D eigenvalue weighted by Gasteiger charge is 2.23. The van der Waals surface area contributed by atoms with Crippen molar-refractivity contribution in [1.29, 1.82) is 0 Å². The maximum atomic E-state index is 11.5. The Labute approximate surface area is 87.6 Å². The highest BCUT2D eigenvalue weighted by atomic mass is 32.2. The van der Waals surface area contributed by atoms with E-state index in [-0.39, 0.29) is 4.90 Å². The van der Waals surface area contributed by atoms with Gasteiger partial charge in [0.25, 0.3) is 5.12 Å². The molecule has 0 aliphatic carbocycles. The van der Waals surface area contributed by atoms with Crippen molar-refractivity contribution in [1.82, 2.24) is 5.48 Å². The van der Waals surface area contributed by atoms with Crippen LogP contribution in [0.4, 0.5) is 0 Å². The van der Waals surface area contributed by atoms with Crippen LogP contribution >= 0.6 is 0 Å². The van der Waals surface area contributed by atoms with Crippen LogP contribution in [-0.2, 0) is 14.6 Å². The van der Waals surface area contributed by atoms with Crippen LogP contribution in [0.1, 0.15) is 5.56 Å². The van der Waals surface area contributed by atoms with Crippen LogP contribution < -0.4 is 5.48 Å². The molecule has 0 saturated heterocycles. The number of carbonyl (C=O) groups excluding carboxylic acids is 1. The second-order valence-electron chi connectivity index (χ2n) is 3.02. The Balaban J connectivity index is 3.06. The number of nitrogens with one attached hydrogen (secondary N) is 1. The molecule has 6 heteroatoms. The van der Waals surface area contributed by atoms with Crippen molar-refractivity contribution >= 4 is 15.0 Å². The zero-order chi connectivity index (χ0) is 11.5. The number of benzene rings is 1. The highest BCUT2D eigenvalue weighted by molar-refractivity contribution is 8.06. The number of hydrogen-bond acceptors (Lipinski definition) is 5. The summed E-state index contributed by atoms with van der Waals surface area (Å²) in [7, 11) is -3.98. The number of carbonyl (C=O) groups is 1. The van der Waals surface area contributed by atoms with Gasteiger partial charge >= 0.3 is 0 Å². The van der Waals surface area contributed by atoms with Gasteiger partial charge in [-0.2, -0.15) is 5.48 Å². The molecule has 1 rings (SSSR count). The molecule has 2 N–H and O–H groups in total. The molecule has 0 fully saturated rings. The maximum Gasteiger partial charge on any atom is 0.267 e. The first kappa shape index (κ1) is 11.8. The molecule has 0 unspecified atom stereocenters. The smallest absolute Gasteiger partial charge is 0.267 e. The van der Waals surface area contributed by atoms with Gasteiger partial charge in [-0.25, -0.2) is 8.42 Å². The fourth-order valence-corrected chi connectivity index (χ4v) is 2.02. The van der Waals surface area contributed by atoms with E-state index in [1.54, 1.807) is 12.1 Å². The number of hydrogen-bond donors (Lipinski definition) is 2. The van der Waals surface area contributed by atoms with Gasteiger partial charge in [0, 0.05) is 0 Å². The largest absolute Gasteiger partial charge is 0.316 e. The van der Waals surface area contributed by atoms with Crippen molar-refractivity contribution in [2.24, 2.45) is 0 Å². The molecule has 5 nitrogen and oxygen atoms in total. The van der Waals surface area contributed by atoms with E-state index in [2.05, 4.69) is 0 Å². The molecular formula is C9H11NO4S. The topological polar surface area (TPSA) is 83.5 Å². The first-order valence-corrected chi connectivity index (χ1v) is 5.68. The Morgan fingerprint density at radius 1 is 1.33 bits per heavy atom. The first-order valence-electron chi connectivity index (χ1n) is 4.20. The quantitative estimate of drug-likeness (QED) is 0.727. The molecule has 0 heterocycles. The van der Waals surface area contributed by atoms with E-state index >= 15 is 0 Å². The molecule has 0 saturated carbocycles. The fraction of sp³-hybridized carbons (Fsp3) is 0.222. The summed E-state index contributed by atoms with van der Waals surface area (Å²) in [6.45, 7) is 1.20. The van der Waals surface area contributed by atoms with Crippen molar-refractivity contribution in [3.05, 3.63) is 29.8 Å². The zero-order valence-electron chi connectivity index (χ0n) is 8.10. The van der Waals surface area contributed by atoms with Crippen molar-refractivity contribution in [3.63, 3.8) is 0 Å². The third kappa shape index (κ3) is 2.62. The molecular weight excluding hydrogens is 218 g/mol. The second-order valence-corrected chi connectivity index (χ2v) is 4.96. The predicted octanol–water partition coefficient (Wildman–Crippen LogP) is 0.274. The lowest BCUT2D eigenvalue weighted by Crippen LogP contribution is -2.26. The Morgan fingerprint density at radius 3 is 2.33 bits per heavy atom. The summed E-state index contributed by atoms with van der Waals surface area (Å²) in [5, 5.41) is 7.19. The van der Waals surface area contributed by atoms with Gasteiger partial charge in [0.15, 0.2) is 0 Å². The zero-order valence-corrected chi connectivity index (χ0v) is 8.91. The average Bonchev–Trinajstić information content (AvgIpc) is 2.18. The minimum atomic E-state index is -3.98. The monoisotopic (exact) mass is 229 g/mol. The van der Waals surface area contributed by atoms with Crippen LogP contribution in [0.25, 0.3) is 0 Å². The Hall–Kier alpha value is -1.24. The lowest BCUT2D eigenvalue weighted by atomic mass is 10.2. The number of aryl methyl sites for hydroxylation is 1. The van der Waals surface area contributed by atoms with E-state index in [0.717, 1.165) is 5.56 Å². The third-order valence-electron chi connectivity index (χ3n) is 1.85. The van der Waals surface area contributed by atoms with Crippen LogP contribution in [0, 0.1) is 6.92 Å². The molecule has 0 aliphatic heterocycles. The van der Waals surface area contributed by atoms with Gasteiger partial charge in [-0.1, -0.05) is 17.7 Å². The van der Waals surface area contributed by atoms with Gasteiger partial charge in [0.1, 0.15) is 0 Å². The molecule has 15 heavy (non-hydrogen) atoms. The molecule has 0 amide bonds. The minimum Gasteiger partial charge on any atom is -0.316 e. The summed E-state index contributed by atoms with van der Waals surface area (Å²) >= 11 is 0. The lowest BCUT2D eigenvalue weighted by molar-refractivity contribution is -0.112. The van der Waals surface area contributed by atoms with Gasteiger partial charge in [-0.05, 0) is 19.1 Å². The minimum absolute atomic E-state index is 0.0617. The molecule has 0 bridgehead atoms. The van der Waals surface area contributed by atoms with Crippen LogP contribution in [-0.4, -0.2) is 25.3 Å². The number of rotatable bonds is 3. The summed E-state index contributed by atoms with van der Waals surface area (Å²) in [5.74, 6) is 0. The Kier molecular flexibility index (Phi) is 3.57. The van der Waals surface area contributed by atoms with Gasteiger partial charge in [0.05, 0.1) is 11.4 Å². The summed E-state index contributed by atoms with van der Waals surface area (Å²) in [6, 6.07) is 5.93. The van der Waals surface area contributed by atoms with Crippen molar-refractivity contribution in [3.8, 4) is 0 Å². The Bertz CT molecular complexity index is 450. The molecule has 0 atom stereocenters. The highest BCUT2D eigenvalue weighted by Crippen LogP contribution is 2.12. The van der Waals surface area contributed by atoms with Crippen molar-refractivity contribution < 1.29 is 18.4 Å². The standard InChI is InChI=1S/C9H11NO4S/c1-7-2-4-8(5-3-7)15(13,14)9(11)6-10-12/h2-5,10,12H,6H2,1H3. The van der Waals surface area contributed by atoms with Crippen LogP contribution in [0.15, 0.2) is 29.2 Å². The van der Waals surface area contributed by atoms with Crippen molar-refractivity contribution in [2.45, 2.75) is 11.8 Å². The molecule has 82 valence electrons. The van der Waals surface area contributed by atoms with Gasteiger partial charge in [-0.15, -0.1) is 0 Å². The normalized spacial score (nSPS) is 11.3. The number of hydroxylamine groups is 1. The van der Waals surface area contributed by atoms with E-state index in [1.165, 1.54) is 17.6 Å². The summed E-state index contributed by atoms with van der Waals surface area (Å²) in [6.07, 6.45) is 0. The summed E-state index contributed by atoms with van der Waals surface area (Å²) in [5.41, 5.74) is 2.43. The van der Waals surface area contributed by atoms with E-state index in [9.17, 15) is 13.2 Å². The van der Waals surface area contributed by atoms with Crippen molar-refractivity contribution in [2.75, 3.05) is 6.54 Å². The van der Waals surface area contributed by atoms with Gasteiger partial charge in [0.2, 0.25) is 9.84 Å².